The summed E-state index contributed by atoms with van der Waals surface area (Å²) in [7, 11) is 0. The number of ketones is 1. The number of aliphatic hydroxyl groups excluding tert-OH is 1. The third-order valence-electron chi connectivity index (χ3n) is 6.45. The summed E-state index contributed by atoms with van der Waals surface area (Å²) in [6, 6.07) is 23.8. The average Bonchev–Trinajstić information content (AvgIpc) is 3.03. The maximum absolute atomic E-state index is 13.2. The standard InChI is InChI=1S/C32H30O11/c1-20(33)17-18-25(34)41-26-24(19-39-29(35)21-11-5-2-6-12-21)40-32(38)28(43-31(37)23-15-9-4-10-16-23)27(26)42-30(36)22-13-7-3-8-14-22/h2-16,24,26-28,32,38H,17-19H2,1H3/t24-,26+,27+,28-,32+/m1/s1. The first-order valence-electron chi connectivity index (χ1n) is 13.5. The van der Waals surface area contributed by atoms with Crippen LogP contribution in [-0.2, 0) is 33.3 Å². The van der Waals surface area contributed by atoms with Crippen LogP contribution in [0.1, 0.15) is 50.8 Å². The van der Waals surface area contributed by atoms with Crippen LogP contribution in [-0.4, -0.2) is 72.1 Å². The summed E-state index contributed by atoms with van der Waals surface area (Å²) in [5.74, 6) is -3.58. The van der Waals surface area contributed by atoms with Crippen LogP contribution in [0, 0.1) is 0 Å². The molecule has 224 valence electrons. The van der Waals surface area contributed by atoms with Gasteiger partial charge in [-0.15, -0.1) is 0 Å². The molecule has 1 aliphatic heterocycles. The monoisotopic (exact) mass is 590 g/mol. The highest BCUT2D eigenvalue weighted by molar-refractivity contribution is 5.91. The molecule has 11 heteroatoms. The summed E-state index contributed by atoms with van der Waals surface area (Å²) in [6.07, 6.45) is -8.45. The third-order valence-corrected chi connectivity index (χ3v) is 6.45. The van der Waals surface area contributed by atoms with Gasteiger partial charge in [-0.25, -0.2) is 14.4 Å². The Kier molecular flexibility index (Phi) is 10.7. The van der Waals surface area contributed by atoms with E-state index in [1.807, 2.05) is 0 Å². The second-order valence-electron chi connectivity index (χ2n) is 9.66. The van der Waals surface area contributed by atoms with E-state index in [0.717, 1.165) is 0 Å². The molecule has 0 bridgehead atoms. The van der Waals surface area contributed by atoms with Gasteiger partial charge in [-0.1, -0.05) is 54.6 Å². The highest BCUT2D eigenvalue weighted by atomic mass is 16.7. The molecular weight excluding hydrogens is 560 g/mol. The summed E-state index contributed by atoms with van der Waals surface area (Å²) in [6.45, 7) is 0.775. The first-order chi connectivity index (χ1) is 20.7. The normalized spacial score (nSPS) is 21.2. The lowest BCUT2D eigenvalue weighted by atomic mass is 9.97. The van der Waals surface area contributed by atoms with Crippen molar-refractivity contribution in [3.05, 3.63) is 108 Å². The molecule has 0 radical (unpaired) electrons. The third kappa shape index (κ3) is 8.57. The molecular formula is C32H30O11. The van der Waals surface area contributed by atoms with Gasteiger partial charge in [0.15, 0.2) is 24.6 Å². The second-order valence-corrected chi connectivity index (χ2v) is 9.66. The zero-order valence-electron chi connectivity index (χ0n) is 23.2. The van der Waals surface area contributed by atoms with Gasteiger partial charge >= 0.3 is 23.9 Å². The number of carbonyl (C=O) groups is 5. The van der Waals surface area contributed by atoms with Crippen molar-refractivity contribution in [1.29, 1.82) is 0 Å². The van der Waals surface area contributed by atoms with Crippen LogP contribution in [0.5, 0.6) is 0 Å². The molecule has 0 aromatic heterocycles. The molecule has 1 heterocycles. The zero-order valence-corrected chi connectivity index (χ0v) is 23.2. The van der Waals surface area contributed by atoms with E-state index in [4.69, 9.17) is 23.7 Å². The van der Waals surface area contributed by atoms with Crippen molar-refractivity contribution in [3.8, 4) is 0 Å². The molecule has 0 saturated carbocycles. The van der Waals surface area contributed by atoms with E-state index in [1.54, 1.807) is 54.6 Å². The summed E-state index contributed by atoms with van der Waals surface area (Å²) in [5, 5.41) is 11.0. The van der Waals surface area contributed by atoms with E-state index in [1.165, 1.54) is 43.3 Å². The second kappa shape index (κ2) is 14.9. The molecule has 1 N–H and O–H groups in total. The van der Waals surface area contributed by atoms with Crippen molar-refractivity contribution in [2.45, 2.75) is 50.5 Å². The number of carbonyl (C=O) groups excluding carboxylic acids is 5. The van der Waals surface area contributed by atoms with E-state index in [9.17, 15) is 29.1 Å². The Hall–Kier alpha value is -4.87. The largest absolute Gasteiger partial charge is 0.459 e. The lowest BCUT2D eigenvalue weighted by Gasteiger charge is -2.42. The van der Waals surface area contributed by atoms with Gasteiger partial charge in [0.1, 0.15) is 18.5 Å². The van der Waals surface area contributed by atoms with Crippen molar-refractivity contribution in [2.24, 2.45) is 0 Å². The molecule has 1 saturated heterocycles. The van der Waals surface area contributed by atoms with Gasteiger partial charge < -0.3 is 33.6 Å². The van der Waals surface area contributed by atoms with Crippen molar-refractivity contribution in [2.75, 3.05) is 6.61 Å². The molecule has 0 spiro atoms. The molecule has 43 heavy (non-hydrogen) atoms. The van der Waals surface area contributed by atoms with E-state index in [0.29, 0.717) is 0 Å². The van der Waals surface area contributed by atoms with Crippen LogP contribution in [0.15, 0.2) is 91.0 Å². The fraction of sp³-hybridized carbons (Fsp3) is 0.281. The van der Waals surface area contributed by atoms with E-state index >= 15 is 0 Å². The van der Waals surface area contributed by atoms with Crippen molar-refractivity contribution < 1.29 is 52.8 Å². The first kappa shape index (κ1) is 31.1. The average molecular weight is 591 g/mol. The first-order valence-corrected chi connectivity index (χ1v) is 13.5. The van der Waals surface area contributed by atoms with Gasteiger partial charge in [0.2, 0.25) is 0 Å². The van der Waals surface area contributed by atoms with Gasteiger partial charge in [-0.05, 0) is 43.3 Å². The van der Waals surface area contributed by atoms with Crippen LogP contribution in [0.3, 0.4) is 0 Å². The maximum Gasteiger partial charge on any atom is 0.338 e. The molecule has 3 aromatic rings. The minimum absolute atomic E-state index is 0.121. The molecule has 3 aromatic carbocycles. The SMILES string of the molecule is CC(=O)CCC(=O)O[C@@H]1[C@H](OC(=O)c2ccccc2)[C@@H](OC(=O)c2ccccc2)[C@@H](O)O[C@@H]1COC(=O)c1ccccc1. The summed E-state index contributed by atoms with van der Waals surface area (Å²) in [5.41, 5.74) is 0.498. The zero-order chi connectivity index (χ0) is 30.8. The number of ether oxygens (including phenoxy) is 5. The van der Waals surface area contributed by atoms with Gasteiger partial charge in [0, 0.05) is 6.42 Å². The minimum atomic E-state index is -1.88. The maximum atomic E-state index is 13.2. The number of rotatable bonds is 11. The van der Waals surface area contributed by atoms with Crippen LogP contribution < -0.4 is 0 Å². The minimum Gasteiger partial charge on any atom is -0.459 e. The molecule has 4 rings (SSSR count). The molecule has 5 atom stereocenters. The summed E-state index contributed by atoms with van der Waals surface area (Å²) in [4.78, 5) is 63.1. The highest BCUT2D eigenvalue weighted by Gasteiger charge is 2.52. The molecule has 0 unspecified atom stereocenters. The Morgan fingerprint density at radius 1 is 0.628 bits per heavy atom. The van der Waals surface area contributed by atoms with Crippen LogP contribution in [0.25, 0.3) is 0 Å². The molecule has 0 amide bonds. The van der Waals surface area contributed by atoms with Crippen LogP contribution in [0.4, 0.5) is 0 Å². The Labute approximate surface area is 247 Å². The number of hydrogen-bond acceptors (Lipinski definition) is 11. The Bertz CT molecular complexity index is 1410. The number of esters is 4. The predicted molar refractivity (Wildman–Crippen MR) is 149 cm³/mol. The fourth-order valence-corrected chi connectivity index (χ4v) is 4.27. The lowest BCUT2D eigenvalue weighted by Crippen LogP contribution is -2.62. The predicted octanol–water partition coefficient (Wildman–Crippen LogP) is 3.29. The summed E-state index contributed by atoms with van der Waals surface area (Å²) < 4.78 is 27.9. The smallest absolute Gasteiger partial charge is 0.338 e. The molecule has 1 fully saturated rings. The van der Waals surface area contributed by atoms with E-state index in [-0.39, 0.29) is 35.3 Å². The van der Waals surface area contributed by atoms with Gasteiger partial charge in [-0.2, -0.15) is 0 Å². The van der Waals surface area contributed by atoms with Crippen molar-refractivity contribution in [3.63, 3.8) is 0 Å². The molecule has 1 aliphatic rings. The lowest BCUT2D eigenvalue weighted by molar-refractivity contribution is -0.288. The van der Waals surface area contributed by atoms with Gasteiger partial charge in [0.25, 0.3) is 0 Å². The number of Topliss-reactive ketones (excluding diaryl/α,β-unsaturated/α-hetero) is 1. The highest BCUT2D eigenvalue weighted by Crippen LogP contribution is 2.30. The Morgan fingerprint density at radius 2 is 1.09 bits per heavy atom. The van der Waals surface area contributed by atoms with Gasteiger partial charge in [-0.3, -0.25) is 4.79 Å². The van der Waals surface area contributed by atoms with E-state index < -0.39 is 61.2 Å². The van der Waals surface area contributed by atoms with E-state index in [2.05, 4.69) is 0 Å². The fourth-order valence-electron chi connectivity index (χ4n) is 4.27. The van der Waals surface area contributed by atoms with Crippen molar-refractivity contribution in [1.82, 2.24) is 0 Å². The Balaban J connectivity index is 1.65. The summed E-state index contributed by atoms with van der Waals surface area (Å²) >= 11 is 0. The topological polar surface area (TPSA) is 152 Å². The number of benzene rings is 3. The number of aliphatic hydroxyl groups is 1. The van der Waals surface area contributed by atoms with Crippen LogP contribution >= 0.6 is 0 Å². The number of hydrogen-bond donors (Lipinski definition) is 1. The molecule has 0 aliphatic carbocycles. The van der Waals surface area contributed by atoms with Crippen molar-refractivity contribution >= 4 is 29.7 Å². The molecule has 11 nitrogen and oxygen atoms in total. The Morgan fingerprint density at radius 3 is 1.58 bits per heavy atom. The quantitative estimate of drug-likeness (QED) is 0.259. The van der Waals surface area contributed by atoms with Gasteiger partial charge in [0.05, 0.1) is 23.1 Å². The van der Waals surface area contributed by atoms with Crippen LogP contribution in [0.2, 0.25) is 0 Å².